The van der Waals surface area contributed by atoms with Crippen molar-refractivity contribution >= 4 is 11.9 Å². The van der Waals surface area contributed by atoms with Crippen molar-refractivity contribution in [2.45, 2.75) is 51.5 Å². The van der Waals surface area contributed by atoms with Gasteiger partial charge in [0, 0.05) is 5.56 Å². The van der Waals surface area contributed by atoms with Gasteiger partial charge >= 0.3 is 5.97 Å². The van der Waals surface area contributed by atoms with Crippen LogP contribution in [-0.4, -0.2) is 24.0 Å². The van der Waals surface area contributed by atoms with Crippen LogP contribution in [0, 0.1) is 5.92 Å². The molecule has 1 aliphatic rings. The Balaban J connectivity index is 2.07. The second-order valence-electron chi connectivity index (χ2n) is 6.20. The van der Waals surface area contributed by atoms with Gasteiger partial charge in [0.2, 0.25) is 0 Å². The van der Waals surface area contributed by atoms with E-state index in [0.29, 0.717) is 12.2 Å². The number of ether oxygens (including phenoxy) is 1. The molecule has 1 unspecified atom stereocenters. The summed E-state index contributed by atoms with van der Waals surface area (Å²) in [6, 6.07) is 8.94. The molecule has 0 aromatic heterocycles. The van der Waals surface area contributed by atoms with Gasteiger partial charge in [0.05, 0.1) is 6.61 Å². The van der Waals surface area contributed by atoms with E-state index in [4.69, 9.17) is 4.74 Å². The second kappa shape index (κ2) is 8.11. The molecule has 1 atom stereocenters. The monoisotopic (exact) mass is 318 g/mol. The molecule has 0 bridgehead atoms. The van der Waals surface area contributed by atoms with E-state index in [-0.39, 0.29) is 17.8 Å². The van der Waals surface area contributed by atoms with Gasteiger partial charge in [0.1, 0.15) is 5.54 Å². The third kappa shape index (κ3) is 4.32. The maximum absolute atomic E-state index is 12.5. The Morgan fingerprint density at radius 2 is 1.83 bits per heavy atom. The number of carbonyl (C=O) groups excluding carboxylic acids is 2. The minimum Gasteiger partial charge on any atom is -0.465 e. The molecule has 2 rings (SSSR count). The molecule has 0 spiro atoms. The van der Waals surface area contributed by atoms with Crippen molar-refractivity contribution in [3.63, 3.8) is 0 Å². The molecule has 1 saturated carbocycles. The number of esters is 1. The molecule has 2 N–H and O–H groups in total. The van der Waals surface area contributed by atoms with Crippen molar-refractivity contribution in [2.24, 2.45) is 5.92 Å². The van der Waals surface area contributed by atoms with Crippen LogP contribution in [0.5, 0.6) is 0 Å². The van der Waals surface area contributed by atoms with Crippen molar-refractivity contribution in [3.8, 4) is 0 Å². The van der Waals surface area contributed by atoms with Gasteiger partial charge in [-0.3, -0.25) is 10.2 Å². The van der Waals surface area contributed by atoms with Crippen LogP contribution >= 0.6 is 0 Å². The zero-order valence-corrected chi connectivity index (χ0v) is 13.9. The van der Waals surface area contributed by atoms with Crippen LogP contribution in [0.1, 0.15) is 56.3 Å². The molecule has 0 aliphatic heterocycles. The summed E-state index contributed by atoms with van der Waals surface area (Å²) in [5, 5.41) is 0. The van der Waals surface area contributed by atoms with Gasteiger partial charge < -0.3 is 4.74 Å². The molecule has 0 saturated heterocycles. The van der Waals surface area contributed by atoms with E-state index in [1.807, 2.05) is 13.0 Å². The summed E-state index contributed by atoms with van der Waals surface area (Å²) < 4.78 is 5.25. The Morgan fingerprint density at radius 3 is 2.43 bits per heavy atom. The van der Waals surface area contributed by atoms with Crippen molar-refractivity contribution in [3.05, 3.63) is 35.9 Å². The molecule has 1 aromatic rings. The first kappa shape index (κ1) is 17.5. The third-order valence-electron chi connectivity index (χ3n) is 4.59. The minimum absolute atomic E-state index is 0.159. The Kier molecular flexibility index (Phi) is 6.16. The lowest BCUT2D eigenvalue weighted by Gasteiger charge is -2.38. The predicted molar refractivity (Wildman–Crippen MR) is 88.7 cm³/mol. The fourth-order valence-corrected chi connectivity index (χ4v) is 3.13. The van der Waals surface area contributed by atoms with Crippen LogP contribution in [0.2, 0.25) is 0 Å². The number of hydrazine groups is 1. The molecular weight excluding hydrogens is 292 g/mol. The highest BCUT2D eigenvalue weighted by Gasteiger charge is 2.43. The largest absolute Gasteiger partial charge is 0.465 e. The van der Waals surface area contributed by atoms with Crippen LogP contribution < -0.4 is 10.9 Å². The van der Waals surface area contributed by atoms with Crippen molar-refractivity contribution < 1.29 is 14.3 Å². The van der Waals surface area contributed by atoms with E-state index < -0.39 is 5.54 Å². The normalized spacial score (nSPS) is 18.0. The molecule has 1 aromatic carbocycles. The van der Waals surface area contributed by atoms with Crippen molar-refractivity contribution in [1.82, 2.24) is 10.9 Å². The summed E-state index contributed by atoms with van der Waals surface area (Å²) in [6.07, 6.45) is 5.33. The zero-order chi connectivity index (χ0) is 16.7. The van der Waals surface area contributed by atoms with E-state index >= 15 is 0 Å². The van der Waals surface area contributed by atoms with Crippen molar-refractivity contribution in [1.29, 1.82) is 0 Å². The number of benzene rings is 1. The Morgan fingerprint density at radius 1 is 1.17 bits per heavy atom. The minimum atomic E-state index is -0.902. The average molecular weight is 318 g/mol. The van der Waals surface area contributed by atoms with Gasteiger partial charge in [-0.15, -0.1) is 0 Å². The molecule has 0 heterocycles. The van der Waals surface area contributed by atoms with Crippen LogP contribution in [0.3, 0.4) is 0 Å². The van der Waals surface area contributed by atoms with Gasteiger partial charge in [-0.1, -0.05) is 37.5 Å². The van der Waals surface area contributed by atoms with Crippen LogP contribution in [0.25, 0.3) is 0 Å². The number of rotatable bonds is 6. The Hall–Kier alpha value is -1.88. The zero-order valence-electron chi connectivity index (χ0n) is 13.9. The third-order valence-corrected chi connectivity index (χ3v) is 4.59. The summed E-state index contributed by atoms with van der Waals surface area (Å²) in [5.41, 5.74) is 5.31. The van der Waals surface area contributed by atoms with Crippen LogP contribution in [-0.2, 0) is 9.53 Å². The van der Waals surface area contributed by atoms with Gasteiger partial charge in [-0.05, 0) is 44.7 Å². The lowest BCUT2D eigenvalue weighted by molar-refractivity contribution is -0.154. The topological polar surface area (TPSA) is 67.4 Å². The van der Waals surface area contributed by atoms with E-state index in [1.165, 1.54) is 6.42 Å². The van der Waals surface area contributed by atoms with Gasteiger partial charge in [0.15, 0.2) is 0 Å². The fourth-order valence-electron chi connectivity index (χ4n) is 3.13. The van der Waals surface area contributed by atoms with E-state index in [2.05, 4.69) is 10.9 Å². The highest BCUT2D eigenvalue weighted by Crippen LogP contribution is 2.33. The molecule has 1 amide bonds. The van der Waals surface area contributed by atoms with Crippen LogP contribution in [0.15, 0.2) is 30.3 Å². The molecule has 1 aliphatic carbocycles. The van der Waals surface area contributed by atoms with E-state index in [9.17, 15) is 9.59 Å². The molecule has 0 radical (unpaired) electrons. The number of hydrogen-bond acceptors (Lipinski definition) is 4. The molecule has 5 heteroatoms. The number of carbonyl (C=O) groups is 2. The fraction of sp³-hybridized carbons (Fsp3) is 0.556. The molecule has 23 heavy (non-hydrogen) atoms. The Labute approximate surface area is 137 Å². The first-order valence-electron chi connectivity index (χ1n) is 8.37. The maximum Gasteiger partial charge on any atom is 0.328 e. The standard InChI is InChI=1S/C18H26N2O3/c1-3-23-17(22)18(2,15-12-8-5-9-13-15)20-19-16(21)14-10-6-4-7-11-14/h4,6-7,10-11,15,20H,3,5,8-9,12-13H2,1-2H3,(H,19,21). The molecule has 1 fully saturated rings. The van der Waals surface area contributed by atoms with Crippen LogP contribution in [0.4, 0.5) is 0 Å². The molecule has 126 valence electrons. The molecular formula is C18H26N2O3. The highest BCUT2D eigenvalue weighted by atomic mass is 16.5. The highest BCUT2D eigenvalue weighted by molar-refractivity contribution is 5.94. The summed E-state index contributed by atoms with van der Waals surface area (Å²) in [6.45, 7) is 3.95. The quantitative estimate of drug-likeness (QED) is 0.625. The van der Waals surface area contributed by atoms with Gasteiger partial charge in [-0.25, -0.2) is 10.2 Å². The van der Waals surface area contributed by atoms with Crippen molar-refractivity contribution in [2.75, 3.05) is 6.61 Å². The predicted octanol–water partition coefficient (Wildman–Crippen LogP) is 2.82. The van der Waals surface area contributed by atoms with Gasteiger partial charge in [-0.2, -0.15) is 0 Å². The summed E-state index contributed by atoms with van der Waals surface area (Å²) in [4.78, 5) is 24.7. The smallest absolute Gasteiger partial charge is 0.328 e. The SMILES string of the molecule is CCOC(=O)C(C)(NNC(=O)c1ccccc1)C1CCCCC1. The number of hydrogen-bond donors (Lipinski definition) is 2. The van der Waals surface area contributed by atoms with E-state index in [1.54, 1.807) is 31.2 Å². The summed E-state index contributed by atoms with van der Waals surface area (Å²) in [5.74, 6) is -0.399. The maximum atomic E-state index is 12.5. The average Bonchev–Trinajstić information content (AvgIpc) is 2.61. The first-order valence-corrected chi connectivity index (χ1v) is 8.37. The number of nitrogens with one attached hydrogen (secondary N) is 2. The lowest BCUT2D eigenvalue weighted by atomic mass is 9.76. The molecule has 5 nitrogen and oxygen atoms in total. The second-order valence-corrected chi connectivity index (χ2v) is 6.20. The summed E-state index contributed by atoms with van der Waals surface area (Å²) in [7, 11) is 0. The van der Waals surface area contributed by atoms with Gasteiger partial charge in [0.25, 0.3) is 5.91 Å². The first-order chi connectivity index (χ1) is 11.1. The Bertz CT molecular complexity index is 526. The van der Waals surface area contributed by atoms with E-state index in [0.717, 1.165) is 25.7 Å². The number of amides is 1. The summed E-state index contributed by atoms with van der Waals surface area (Å²) >= 11 is 0. The lowest BCUT2D eigenvalue weighted by Crippen LogP contribution is -2.62.